The Morgan fingerprint density at radius 2 is 2.05 bits per heavy atom. The highest BCUT2D eigenvalue weighted by Gasteiger charge is 2.15. The summed E-state index contributed by atoms with van der Waals surface area (Å²) in [5, 5.41) is 6.94. The number of amides is 1. The van der Waals surface area contributed by atoms with Gasteiger partial charge in [0.2, 0.25) is 0 Å². The molecule has 2 aromatic rings. The third kappa shape index (κ3) is 2.99. The van der Waals surface area contributed by atoms with Crippen LogP contribution < -0.4 is 10.1 Å². The number of benzene rings is 1. The molecular weight excluding hydrogens is 254 g/mol. The quantitative estimate of drug-likeness (QED) is 0.932. The van der Waals surface area contributed by atoms with Crippen molar-refractivity contribution in [1.82, 2.24) is 9.78 Å². The van der Waals surface area contributed by atoms with E-state index in [-0.39, 0.29) is 12.0 Å². The van der Waals surface area contributed by atoms with Crippen molar-refractivity contribution in [2.24, 2.45) is 7.05 Å². The van der Waals surface area contributed by atoms with Crippen molar-refractivity contribution < 1.29 is 9.53 Å². The highest BCUT2D eigenvalue weighted by Crippen LogP contribution is 2.25. The number of rotatable bonds is 4. The first-order chi connectivity index (χ1) is 9.49. The first kappa shape index (κ1) is 14.1. The summed E-state index contributed by atoms with van der Waals surface area (Å²) in [5.41, 5.74) is 2.05. The molecule has 0 unspecified atom stereocenters. The molecule has 0 radical (unpaired) electrons. The Morgan fingerprint density at radius 3 is 2.65 bits per heavy atom. The first-order valence-corrected chi connectivity index (χ1v) is 6.54. The van der Waals surface area contributed by atoms with E-state index in [9.17, 15) is 4.79 Å². The van der Waals surface area contributed by atoms with E-state index in [1.54, 1.807) is 10.9 Å². The monoisotopic (exact) mass is 273 g/mol. The van der Waals surface area contributed by atoms with Crippen LogP contribution in [-0.2, 0) is 7.05 Å². The lowest BCUT2D eigenvalue weighted by Gasteiger charge is -2.14. The normalized spacial score (nSPS) is 10.7. The number of hydrogen-bond acceptors (Lipinski definition) is 3. The molecule has 20 heavy (non-hydrogen) atoms. The van der Waals surface area contributed by atoms with E-state index in [0.717, 1.165) is 5.69 Å². The lowest BCUT2D eigenvalue weighted by Crippen LogP contribution is -2.15. The van der Waals surface area contributed by atoms with Crippen LogP contribution >= 0.6 is 0 Å². The van der Waals surface area contributed by atoms with Crippen molar-refractivity contribution in [1.29, 1.82) is 0 Å². The Balaban J connectivity index is 2.22. The van der Waals surface area contributed by atoms with Gasteiger partial charge in [-0.15, -0.1) is 0 Å². The zero-order chi connectivity index (χ0) is 14.7. The van der Waals surface area contributed by atoms with Crippen LogP contribution in [0.5, 0.6) is 5.75 Å². The van der Waals surface area contributed by atoms with E-state index >= 15 is 0 Å². The largest absolute Gasteiger partial charge is 0.489 e. The molecule has 1 heterocycles. The fraction of sp³-hybridized carbons (Fsp3) is 0.333. The summed E-state index contributed by atoms with van der Waals surface area (Å²) >= 11 is 0. The maximum absolute atomic E-state index is 12.3. The van der Waals surface area contributed by atoms with Gasteiger partial charge < -0.3 is 10.1 Å². The van der Waals surface area contributed by atoms with E-state index in [2.05, 4.69) is 10.4 Å². The third-order valence-electron chi connectivity index (χ3n) is 2.98. The van der Waals surface area contributed by atoms with Crippen LogP contribution in [0.1, 0.15) is 29.9 Å². The zero-order valence-electron chi connectivity index (χ0n) is 12.2. The first-order valence-electron chi connectivity index (χ1n) is 6.54. The standard InChI is InChI=1S/C15H19N3O2/c1-10(2)20-14-8-6-5-7-13(14)17-15(19)12-9-16-18(4)11(12)3/h5-10H,1-4H3,(H,17,19). The van der Waals surface area contributed by atoms with Crippen LogP contribution in [0.15, 0.2) is 30.5 Å². The summed E-state index contributed by atoms with van der Waals surface area (Å²) in [6.07, 6.45) is 1.62. The number of carbonyl (C=O) groups excluding carboxylic acids is 1. The van der Waals surface area contributed by atoms with Crippen molar-refractivity contribution in [3.8, 4) is 5.75 Å². The van der Waals surface area contributed by atoms with E-state index in [0.29, 0.717) is 17.0 Å². The van der Waals surface area contributed by atoms with Gasteiger partial charge in [0.25, 0.3) is 5.91 Å². The predicted octanol–water partition coefficient (Wildman–Crippen LogP) is 2.77. The smallest absolute Gasteiger partial charge is 0.259 e. The van der Waals surface area contributed by atoms with Crippen molar-refractivity contribution in [2.75, 3.05) is 5.32 Å². The van der Waals surface area contributed by atoms with Crippen molar-refractivity contribution in [2.45, 2.75) is 26.9 Å². The number of nitrogens with one attached hydrogen (secondary N) is 1. The van der Waals surface area contributed by atoms with Gasteiger partial charge in [-0.1, -0.05) is 12.1 Å². The number of aryl methyl sites for hydroxylation is 1. The molecule has 0 atom stereocenters. The van der Waals surface area contributed by atoms with Crippen LogP contribution in [0.3, 0.4) is 0 Å². The number of hydrogen-bond donors (Lipinski definition) is 1. The zero-order valence-corrected chi connectivity index (χ0v) is 12.2. The lowest BCUT2D eigenvalue weighted by molar-refractivity contribution is 0.102. The molecule has 0 spiro atoms. The Labute approximate surface area is 118 Å². The average Bonchev–Trinajstić information content (AvgIpc) is 2.72. The van der Waals surface area contributed by atoms with Gasteiger partial charge in [-0.2, -0.15) is 5.10 Å². The van der Waals surface area contributed by atoms with Crippen LogP contribution in [0.4, 0.5) is 5.69 Å². The van der Waals surface area contributed by atoms with Gasteiger partial charge in [-0.3, -0.25) is 9.48 Å². The summed E-state index contributed by atoms with van der Waals surface area (Å²) in [4.78, 5) is 12.3. The molecule has 0 aliphatic heterocycles. The molecule has 0 bridgehead atoms. The number of nitrogens with zero attached hydrogens (tertiary/aromatic N) is 2. The molecule has 0 saturated carbocycles. The minimum Gasteiger partial charge on any atom is -0.489 e. The van der Waals surface area contributed by atoms with Crippen LogP contribution in [0, 0.1) is 6.92 Å². The summed E-state index contributed by atoms with van der Waals surface area (Å²) < 4.78 is 7.35. The van der Waals surface area contributed by atoms with Crippen LogP contribution in [0.25, 0.3) is 0 Å². The van der Waals surface area contributed by atoms with E-state index in [4.69, 9.17) is 4.74 Å². The Bertz CT molecular complexity index is 617. The highest BCUT2D eigenvalue weighted by molar-refractivity contribution is 6.05. The maximum Gasteiger partial charge on any atom is 0.259 e. The number of ether oxygens (including phenoxy) is 1. The molecule has 1 aromatic heterocycles. The molecule has 1 N–H and O–H groups in total. The summed E-state index contributed by atoms with van der Waals surface area (Å²) in [7, 11) is 1.81. The van der Waals surface area contributed by atoms with E-state index in [1.165, 1.54) is 0 Å². The molecule has 5 heteroatoms. The number of aromatic nitrogens is 2. The molecule has 0 saturated heterocycles. The number of anilines is 1. The van der Waals surface area contributed by atoms with E-state index in [1.807, 2.05) is 52.1 Å². The molecule has 2 rings (SSSR count). The van der Waals surface area contributed by atoms with Gasteiger partial charge in [0.1, 0.15) is 5.75 Å². The van der Waals surface area contributed by atoms with Gasteiger partial charge in [-0.25, -0.2) is 0 Å². The summed E-state index contributed by atoms with van der Waals surface area (Å²) in [6, 6.07) is 7.40. The van der Waals surface area contributed by atoms with E-state index < -0.39 is 0 Å². The van der Waals surface area contributed by atoms with Crippen LogP contribution in [0.2, 0.25) is 0 Å². The lowest BCUT2D eigenvalue weighted by atomic mass is 10.2. The number of para-hydroxylation sites is 2. The van der Waals surface area contributed by atoms with Gasteiger partial charge >= 0.3 is 0 Å². The molecule has 0 aliphatic rings. The fourth-order valence-corrected chi connectivity index (χ4v) is 1.84. The Morgan fingerprint density at radius 1 is 1.35 bits per heavy atom. The van der Waals surface area contributed by atoms with Gasteiger partial charge in [0.15, 0.2) is 0 Å². The molecule has 1 aromatic carbocycles. The third-order valence-corrected chi connectivity index (χ3v) is 2.98. The molecule has 1 amide bonds. The van der Waals surface area contributed by atoms with Crippen LogP contribution in [-0.4, -0.2) is 21.8 Å². The molecule has 5 nitrogen and oxygen atoms in total. The molecule has 0 aliphatic carbocycles. The minimum atomic E-state index is -0.185. The maximum atomic E-state index is 12.3. The average molecular weight is 273 g/mol. The van der Waals surface area contributed by atoms with Crippen molar-refractivity contribution in [3.63, 3.8) is 0 Å². The minimum absolute atomic E-state index is 0.0492. The van der Waals surface area contributed by atoms with Gasteiger partial charge in [0, 0.05) is 12.7 Å². The predicted molar refractivity (Wildman–Crippen MR) is 78.1 cm³/mol. The Kier molecular flexibility index (Phi) is 4.08. The second-order valence-corrected chi connectivity index (χ2v) is 4.88. The highest BCUT2D eigenvalue weighted by atomic mass is 16.5. The summed E-state index contributed by atoms with van der Waals surface area (Å²) in [6.45, 7) is 5.76. The van der Waals surface area contributed by atoms with Crippen molar-refractivity contribution >= 4 is 11.6 Å². The Hall–Kier alpha value is -2.30. The van der Waals surface area contributed by atoms with Crippen molar-refractivity contribution in [3.05, 3.63) is 41.7 Å². The van der Waals surface area contributed by atoms with Gasteiger partial charge in [-0.05, 0) is 32.9 Å². The fourth-order valence-electron chi connectivity index (χ4n) is 1.84. The molecule has 0 fully saturated rings. The SMILES string of the molecule is Cc1c(C(=O)Nc2ccccc2OC(C)C)cnn1C. The number of carbonyl (C=O) groups is 1. The topological polar surface area (TPSA) is 56.1 Å². The second kappa shape index (κ2) is 5.77. The van der Waals surface area contributed by atoms with Gasteiger partial charge in [0.05, 0.1) is 23.6 Å². The second-order valence-electron chi connectivity index (χ2n) is 4.88. The summed E-state index contributed by atoms with van der Waals surface area (Å²) in [5.74, 6) is 0.479. The molecular formula is C15H19N3O2. The molecule has 106 valence electrons.